The van der Waals surface area contributed by atoms with Crippen molar-refractivity contribution < 1.29 is 4.42 Å². The zero-order chi connectivity index (χ0) is 33.0. The molecular formula is C45H30N4O. The number of aliphatic imine (C=N–C) groups is 2. The molecule has 1 N–H and O–H groups in total. The molecule has 5 heteroatoms. The van der Waals surface area contributed by atoms with Crippen LogP contribution in [0.2, 0.25) is 0 Å². The quantitative estimate of drug-likeness (QED) is 0.203. The van der Waals surface area contributed by atoms with Crippen molar-refractivity contribution in [2.75, 3.05) is 0 Å². The van der Waals surface area contributed by atoms with Gasteiger partial charge in [-0.3, -0.25) is 0 Å². The van der Waals surface area contributed by atoms with Crippen LogP contribution in [0.5, 0.6) is 0 Å². The van der Waals surface area contributed by atoms with Crippen molar-refractivity contribution >= 4 is 55.4 Å². The summed E-state index contributed by atoms with van der Waals surface area (Å²) in [5.41, 5.74) is 10.6. The van der Waals surface area contributed by atoms with E-state index in [0.29, 0.717) is 5.84 Å². The fourth-order valence-electron chi connectivity index (χ4n) is 7.20. The van der Waals surface area contributed by atoms with Crippen LogP contribution in [0.25, 0.3) is 60.6 Å². The Balaban J connectivity index is 1.07. The first-order valence-corrected chi connectivity index (χ1v) is 16.9. The number of benzene rings is 7. The molecule has 0 saturated carbocycles. The zero-order valence-corrected chi connectivity index (χ0v) is 27.0. The van der Waals surface area contributed by atoms with Gasteiger partial charge in [0.15, 0.2) is 5.84 Å². The first-order valence-electron chi connectivity index (χ1n) is 16.9. The van der Waals surface area contributed by atoms with Gasteiger partial charge in [0.05, 0.1) is 11.0 Å². The van der Waals surface area contributed by atoms with E-state index in [-0.39, 0.29) is 6.17 Å². The lowest BCUT2D eigenvalue weighted by molar-refractivity contribution is 0.669. The summed E-state index contributed by atoms with van der Waals surface area (Å²) in [7, 11) is 0. The third-order valence-corrected chi connectivity index (χ3v) is 9.68. The van der Waals surface area contributed by atoms with E-state index in [1.807, 2.05) is 36.4 Å². The summed E-state index contributed by atoms with van der Waals surface area (Å²) >= 11 is 0. The number of amidine groups is 2. The highest BCUT2D eigenvalue weighted by Gasteiger charge is 2.22. The minimum atomic E-state index is -0.285. The molecule has 0 fully saturated rings. The van der Waals surface area contributed by atoms with Gasteiger partial charge in [0.1, 0.15) is 23.2 Å². The van der Waals surface area contributed by atoms with Crippen molar-refractivity contribution in [1.29, 1.82) is 0 Å². The van der Waals surface area contributed by atoms with E-state index >= 15 is 0 Å². The third kappa shape index (κ3) is 4.71. The minimum absolute atomic E-state index is 0.285. The second-order valence-corrected chi connectivity index (χ2v) is 12.7. The van der Waals surface area contributed by atoms with E-state index < -0.39 is 0 Å². The van der Waals surface area contributed by atoms with E-state index in [2.05, 4.69) is 143 Å². The molecule has 7 aromatic carbocycles. The van der Waals surface area contributed by atoms with Crippen LogP contribution in [0.4, 0.5) is 0 Å². The van der Waals surface area contributed by atoms with Crippen molar-refractivity contribution in [3.05, 3.63) is 187 Å². The maximum atomic E-state index is 6.27. The van der Waals surface area contributed by atoms with Crippen LogP contribution >= 0.6 is 0 Å². The van der Waals surface area contributed by atoms with Crippen LogP contribution in [0.3, 0.4) is 0 Å². The van der Waals surface area contributed by atoms with Gasteiger partial charge in [0.2, 0.25) is 0 Å². The van der Waals surface area contributed by atoms with Crippen LogP contribution in [0.15, 0.2) is 184 Å². The number of hydrogen-bond acceptors (Lipinski definition) is 4. The number of aromatic nitrogens is 1. The number of fused-ring (bicyclic) bond motifs is 6. The fraction of sp³-hybridized carbons (Fsp3) is 0.0222. The Morgan fingerprint density at radius 1 is 0.480 bits per heavy atom. The molecular weight excluding hydrogens is 613 g/mol. The highest BCUT2D eigenvalue weighted by molar-refractivity contribution is 6.17. The lowest BCUT2D eigenvalue weighted by Crippen LogP contribution is -2.33. The van der Waals surface area contributed by atoms with E-state index in [1.54, 1.807) is 0 Å². The number of para-hydroxylation sites is 2. The Morgan fingerprint density at radius 2 is 1.12 bits per heavy atom. The lowest BCUT2D eigenvalue weighted by atomic mass is 10.0. The third-order valence-electron chi connectivity index (χ3n) is 9.68. The summed E-state index contributed by atoms with van der Waals surface area (Å²) < 4.78 is 8.62. The lowest BCUT2D eigenvalue weighted by Gasteiger charge is -2.24. The molecule has 1 aliphatic heterocycles. The average Bonchev–Trinajstić information content (AvgIpc) is 3.72. The minimum Gasteiger partial charge on any atom is -0.456 e. The molecule has 10 rings (SSSR count). The highest BCUT2D eigenvalue weighted by atomic mass is 16.3. The van der Waals surface area contributed by atoms with Crippen molar-refractivity contribution in [2.45, 2.75) is 6.17 Å². The Kier molecular flexibility index (Phi) is 6.49. The van der Waals surface area contributed by atoms with Gasteiger partial charge in [-0.2, -0.15) is 0 Å². The number of furan rings is 1. The van der Waals surface area contributed by atoms with E-state index in [9.17, 15) is 0 Å². The number of rotatable bonds is 5. The molecule has 0 amide bonds. The van der Waals surface area contributed by atoms with Gasteiger partial charge in [0, 0.05) is 38.4 Å². The summed E-state index contributed by atoms with van der Waals surface area (Å²) in [5, 5.41) is 8.18. The molecule has 0 bridgehead atoms. The first kappa shape index (κ1) is 28.3. The molecule has 236 valence electrons. The van der Waals surface area contributed by atoms with Gasteiger partial charge >= 0.3 is 0 Å². The topological polar surface area (TPSA) is 54.8 Å². The van der Waals surface area contributed by atoms with Crippen LogP contribution in [-0.4, -0.2) is 16.2 Å². The Hall–Kier alpha value is -6.72. The largest absolute Gasteiger partial charge is 0.456 e. The highest BCUT2D eigenvalue weighted by Crippen LogP contribution is 2.38. The molecule has 3 heterocycles. The monoisotopic (exact) mass is 642 g/mol. The van der Waals surface area contributed by atoms with E-state index in [4.69, 9.17) is 14.4 Å². The van der Waals surface area contributed by atoms with Crippen LogP contribution < -0.4 is 5.32 Å². The van der Waals surface area contributed by atoms with Gasteiger partial charge in [-0.15, -0.1) is 0 Å². The summed E-state index contributed by atoms with van der Waals surface area (Å²) in [6, 6.07) is 59.2. The average molecular weight is 643 g/mol. The van der Waals surface area contributed by atoms with E-state index in [1.165, 1.54) is 16.5 Å². The Morgan fingerprint density at radius 3 is 1.90 bits per heavy atom. The molecule has 0 saturated heterocycles. The predicted molar refractivity (Wildman–Crippen MR) is 205 cm³/mol. The maximum Gasteiger partial charge on any atom is 0.159 e. The van der Waals surface area contributed by atoms with Crippen molar-refractivity contribution in [3.63, 3.8) is 0 Å². The van der Waals surface area contributed by atoms with Crippen molar-refractivity contribution in [1.82, 2.24) is 9.88 Å². The normalized spacial score (nSPS) is 14.6. The number of hydrogen-bond donors (Lipinski definition) is 1. The fourth-order valence-corrected chi connectivity index (χ4v) is 7.20. The first-order chi connectivity index (χ1) is 24.8. The summed E-state index contributed by atoms with van der Waals surface area (Å²) in [6.45, 7) is 0. The van der Waals surface area contributed by atoms with E-state index in [0.717, 1.165) is 66.6 Å². The second kappa shape index (κ2) is 11.5. The smallest absolute Gasteiger partial charge is 0.159 e. The molecule has 0 aliphatic carbocycles. The summed E-state index contributed by atoms with van der Waals surface area (Å²) in [6.07, 6.45) is -0.285. The molecule has 1 aliphatic rings. The SMILES string of the molecule is c1ccc(C2=NC(c3ccc(-n4c5ccccc5c5cc6oc7ccccc7c6cc54)cc3)=NC(c3ccc(-c4ccccc4)cc3)N2)cc1. The van der Waals surface area contributed by atoms with Gasteiger partial charge < -0.3 is 14.3 Å². The van der Waals surface area contributed by atoms with Crippen LogP contribution in [-0.2, 0) is 0 Å². The molecule has 1 atom stereocenters. The molecule has 2 aromatic heterocycles. The zero-order valence-electron chi connectivity index (χ0n) is 27.0. The van der Waals surface area contributed by atoms with Crippen molar-refractivity contribution in [2.24, 2.45) is 9.98 Å². The van der Waals surface area contributed by atoms with Crippen LogP contribution in [0, 0.1) is 0 Å². The second-order valence-electron chi connectivity index (χ2n) is 12.7. The molecule has 0 spiro atoms. The standard InChI is InChI=1S/C45H30N4O/c1-3-11-29(12-4-1)30-19-21-32(22-20-30)44-46-43(31-13-5-2-6-14-31)47-45(48-44)33-23-25-34(26-24-33)49-39-17-9-7-15-35(39)37-28-42-38(27-40(37)49)36-16-8-10-18-41(36)50-42/h1-28,44H,(H,46,47,48). The number of nitrogens with one attached hydrogen (secondary N) is 1. The van der Waals surface area contributed by atoms with Crippen LogP contribution in [0.1, 0.15) is 22.9 Å². The maximum absolute atomic E-state index is 6.27. The molecule has 1 unspecified atom stereocenters. The van der Waals surface area contributed by atoms with Gasteiger partial charge in [-0.1, -0.05) is 121 Å². The molecule has 0 radical (unpaired) electrons. The van der Waals surface area contributed by atoms with Gasteiger partial charge in [-0.05, 0) is 65.2 Å². The number of nitrogens with zero attached hydrogens (tertiary/aromatic N) is 3. The van der Waals surface area contributed by atoms with Gasteiger partial charge in [0.25, 0.3) is 0 Å². The van der Waals surface area contributed by atoms with Crippen molar-refractivity contribution in [3.8, 4) is 16.8 Å². The van der Waals surface area contributed by atoms with Gasteiger partial charge in [-0.25, -0.2) is 9.98 Å². The predicted octanol–water partition coefficient (Wildman–Crippen LogP) is 10.8. The summed E-state index contributed by atoms with van der Waals surface area (Å²) in [4.78, 5) is 10.2. The Bertz CT molecular complexity index is 2760. The molecule has 50 heavy (non-hydrogen) atoms. The molecule has 9 aromatic rings. The summed E-state index contributed by atoms with van der Waals surface area (Å²) in [5.74, 6) is 1.50. The Labute approximate surface area is 288 Å². The molecule has 5 nitrogen and oxygen atoms in total.